The van der Waals surface area contributed by atoms with Gasteiger partial charge >= 0.3 is 0 Å². The molecule has 0 spiro atoms. The van der Waals surface area contributed by atoms with Crippen molar-refractivity contribution in [3.05, 3.63) is 48.5 Å². The highest BCUT2D eigenvalue weighted by atomic mass is 16.5. The number of carbonyl (C=O) groups excluding carboxylic acids is 1. The highest BCUT2D eigenvalue weighted by Gasteiger charge is 2.04. The summed E-state index contributed by atoms with van der Waals surface area (Å²) in [5.74, 6) is 1.52. The summed E-state index contributed by atoms with van der Waals surface area (Å²) in [7, 11) is 0. The molecule has 2 N–H and O–H groups in total. The molecule has 158 valence electrons. The topological polar surface area (TPSA) is 59.6 Å². The van der Waals surface area contributed by atoms with E-state index in [4.69, 9.17) is 9.47 Å². The van der Waals surface area contributed by atoms with Gasteiger partial charge in [-0.2, -0.15) is 0 Å². The molecule has 0 bridgehead atoms. The van der Waals surface area contributed by atoms with Crippen LogP contribution in [0.1, 0.15) is 52.4 Å². The quantitative estimate of drug-likeness (QED) is 0.390. The van der Waals surface area contributed by atoms with Gasteiger partial charge in [0.05, 0.1) is 19.8 Å². The molecule has 0 aliphatic heterocycles. The van der Waals surface area contributed by atoms with Crippen LogP contribution in [-0.2, 0) is 4.79 Å². The van der Waals surface area contributed by atoms with Crippen LogP contribution in [0, 0.1) is 0 Å². The first-order chi connectivity index (χ1) is 14.2. The van der Waals surface area contributed by atoms with E-state index in [1.807, 2.05) is 48.5 Å². The maximum atomic E-state index is 12.2. The van der Waals surface area contributed by atoms with E-state index < -0.39 is 0 Å². The summed E-state index contributed by atoms with van der Waals surface area (Å²) in [6.45, 7) is 5.89. The van der Waals surface area contributed by atoms with Crippen LogP contribution in [0.3, 0.4) is 0 Å². The summed E-state index contributed by atoms with van der Waals surface area (Å²) in [4.78, 5) is 12.2. The van der Waals surface area contributed by atoms with Crippen LogP contribution in [0.5, 0.6) is 11.5 Å². The Labute approximate surface area is 174 Å². The van der Waals surface area contributed by atoms with Gasteiger partial charge in [-0.1, -0.05) is 45.6 Å². The highest BCUT2D eigenvalue weighted by molar-refractivity contribution is 5.93. The smallest absolute Gasteiger partial charge is 0.243 e. The molecule has 0 heterocycles. The molecule has 0 saturated carbocycles. The predicted molar refractivity (Wildman–Crippen MR) is 120 cm³/mol. The lowest BCUT2D eigenvalue weighted by Crippen LogP contribution is -2.21. The Morgan fingerprint density at radius 2 is 1.55 bits per heavy atom. The lowest BCUT2D eigenvalue weighted by molar-refractivity contribution is -0.114. The molecule has 0 radical (unpaired) electrons. The first kappa shape index (κ1) is 22.6. The molecule has 0 aliphatic rings. The molecule has 0 fully saturated rings. The van der Waals surface area contributed by atoms with E-state index in [2.05, 4.69) is 24.5 Å². The zero-order valence-corrected chi connectivity index (χ0v) is 17.7. The molecule has 29 heavy (non-hydrogen) atoms. The molecule has 2 aromatic rings. The second-order valence-electron chi connectivity index (χ2n) is 7.07. The Morgan fingerprint density at radius 3 is 2.31 bits per heavy atom. The van der Waals surface area contributed by atoms with Gasteiger partial charge in [0, 0.05) is 17.4 Å². The van der Waals surface area contributed by atoms with Crippen LogP contribution < -0.4 is 20.1 Å². The average Bonchev–Trinajstić information content (AvgIpc) is 2.74. The van der Waals surface area contributed by atoms with Gasteiger partial charge < -0.3 is 20.1 Å². The number of benzene rings is 2. The fraction of sp³-hybridized carbons (Fsp3) is 0.458. The minimum Gasteiger partial charge on any atom is -0.494 e. The summed E-state index contributed by atoms with van der Waals surface area (Å²) >= 11 is 0. The molecule has 0 aromatic heterocycles. The first-order valence-electron chi connectivity index (χ1n) is 10.7. The zero-order chi connectivity index (χ0) is 20.7. The Hall–Kier alpha value is -2.69. The number of carbonyl (C=O) groups is 1. The molecule has 5 nitrogen and oxygen atoms in total. The summed E-state index contributed by atoms with van der Waals surface area (Å²) in [5, 5.41) is 6.02. The van der Waals surface area contributed by atoms with Gasteiger partial charge in [0.2, 0.25) is 5.91 Å². The van der Waals surface area contributed by atoms with Crippen molar-refractivity contribution in [2.75, 3.05) is 30.4 Å². The second-order valence-corrected chi connectivity index (χ2v) is 7.07. The van der Waals surface area contributed by atoms with Crippen LogP contribution in [0.25, 0.3) is 0 Å². The maximum absolute atomic E-state index is 12.2. The predicted octanol–water partition coefficient (Wildman–Crippen LogP) is 5.88. The number of unbranched alkanes of at least 4 members (excludes halogenated alkanes) is 4. The van der Waals surface area contributed by atoms with Crippen molar-refractivity contribution in [1.82, 2.24) is 0 Å². The van der Waals surface area contributed by atoms with E-state index in [1.165, 1.54) is 25.7 Å². The fourth-order valence-corrected chi connectivity index (χ4v) is 2.84. The monoisotopic (exact) mass is 398 g/mol. The Morgan fingerprint density at radius 1 is 0.793 bits per heavy atom. The third-order valence-corrected chi connectivity index (χ3v) is 4.41. The van der Waals surface area contributed by atoms with E-state index >= 15 is 0 Å². The van der Waals surface area contributed by atoms with Crippen molar-refractivity contribution in [3.63, 3.8) is 0 Å². The van der Waals surface area contributed by atoms with E-state index in [0.717, 1.165) is 42.3 Å². The van der Waals surface area contributed by atoms with Crippen LogP contribution in [0.15, 0.2) is 48.5 Å². The Bertz CT molecular complexity index is 716. The average molecular weight is 399 g/mol. The number of nitrogens with one attached hydrogen (secondary N) is 2. The summed E-state index contributed by atoms with van der Waals surface area (Å²) in [6.07, 6.45) is 7.09. The number of amides is 1. The van der Waals surface area contributed by atoms with Crippen LogP contribution in [0.4, 0.5) is 11.4 Å². The van der Waals surface area contributed by atoms with E-state index in [-0.39, 0.29) is 12.5 Å². The molecule has 1 amide bonds. The van der Waals surface area contributed by atoms with Crippen molar-refractivity contribution >= 4 is 17.3 Å². The van der Waals surface area contributed by atoms with Gasteiger partial charge in [0.25, 0.3) is 0 Å². The van der Waals surface area contributed by atoms with Crippen molar-refractivity contribution in [3.8, 4) is 11.5 Å². The number of ether oxygens (including phenoxy) is 2. The van der Waals surface area contributed by atoms with Crippen LogP contribution in [0.2, 0.25) is 0 Å². The standard InChI is InChI=1S/C24H34N2O3/c1-3-5-6-7-8-17-29-22-14-12-20(13-15-22)25-19-24(27)26-21-10-9-11-23(18-21)28-16-4-2/h9-15,18,25H,3-8,16-17,19H2,1-2H3,(H,26,27). The minimum atomic E-state index is -0.106. The van der Waals surface area contributed by atoms with Gasteiger partial charge in [0.15, 0.2) is 0 Å². The summed E-state index contributed by atoms with van der Waals surface area (Å²) < 4.78 is 11.4. The highest BCUT2D eigenvalue weighted by Crippen LogP contribution is 2.18. The molecule has 2 aromatic carbocycles. The van der Waals surface area contributed by atoms with Crippen molar-refractivity contribution < 1.29 is 14.3 Å². The van der Waals surface area contributed by atoms with E-state index in [1.54, 1.807) is 0 Å². The molecule has 0 aliphatic carbocycles. The number of hydrogen-bond donors (Lipinski definition) is 2. The molecule has 0 unspecified atom stereocenters. The van der Waals surface area contributed by atoms with Gasteiger partial charge in [-0.3, -0.25) is 4.79 Å². The molecule has 2 rings (SSSR count). The normalized spacial score (nSPS) is 10.4. The Kier molecular flexibility index (Phi) is 10.5. The largest absolute Gasteiger partial charge is 0.494 e. The van der Waals surface area contributed by atoms with Crippen LogP contribution in [-0.4, -0.2) is 25.7 Å². The third-order valence-electron chi connectivity index (χ3n) is 4.41. The maximum Gasteiger partial charge on any atom is 0.243 e. The van der Waals surface area contributed by atoms with Crippen molar-refractivity contribution in [2.24, 2.45) is 0 Å². The van der Waals surface area contributed by atoms with E-state index in [0.29, 0.717) is 6.61 Å². The number of rotatable bonds is 14. The minimum absolute atomic E-state index is 0.106. The number of hydrogen-bond acceptors (Lipinski definition) is 4. The van der Waals surface area contributed by atoms with Crippen molar-refractivity contribution in [2.45, 2.75) is 52.4 Å². The lowest BCUT2D eigenvalue weighted by atomic mass is 10.2. The van der Waals surface area contributed by atoms with Gasteiger partial charge in [-0.25, -0.2) is 0 Å². The molecule has 5 heteroatoms. The van der Waals surface area contributed by atoms with Crippen molar-refractivity contribution in [1.29, 1.82) is 0 Å². The second kappa shape index (κ2) is 13.5. The summed E-state index contributed by atoms with van der Waals surface area (Å²) in [6, 6.07) is 15.2. The van der Waals surface area contributed by atoms with Gasteiger partial charge in [0.1, 0.15) is 11.5 Å². The molecular weight excluding hydrogens is 364 g/mol. The molecule has 0 saturated heterocycles. The van der Waals surface area contributed by atoms with Gasteiger partial charge in [-0.15, -0.1) is 0 Å². The summed E-state index contributed by atoms with van der Waals surface area (Å²) in [5.41, 5.74) is 1.61. The van der Waals surface area contributed by atoms with Crippen LogP contribution >= 0.6 is 0 Å². The first-order valence-corrected chi connectivity index (χ1v) is 10.7. The molecular formula is C24H34N2O3. The zero-order valence-electron chi connectivity index (χ0n) is 17.7. The Balaban J connectivity index is 1.69. The molecule has 0 atom stereocenters. The lowest BCUT2D eigenvalue weighted by Gasteiger charge is -2.11. The third kappa shape index (κ3) is 9.37. The van der Waals surface area contributed by atoms with E-state index in [9.17, 15) is 4.79 Å². The SMILES string of the molecule is CCCCCCCOc1ccc(NCC(=O)Nc2cccc(OCCC)c2)cc1. The van der Waals surface area contributed by atoms with Gasteiger partial charge in [-0.05, 0) is 49.2 Å². The number of anilines is 2. The fourth-order valence-electron chi connectivity index (χ4n) is 2.84.